The highest BCUT2D eigenvalue weighted by Crippen LogP contribution is 2.19. The van der Waals surface area contributed by atoms with Crippen molar-refractivity contribution >= 4 is 23.4 Å². The Hall–Kier alpha value is -2.41. The van der Waals surface area contributed by atoms with E-state index in [9.17, 15) is 14.4 Å². The predicted molar refractivity (Wildman–Crippen MR) is 91.4 cm³/mol. The van der Waals surface area contributed by atoms with Crippen LogP contribution in [0.5, 0.6) is 0 Å². The number of nitrogens with one attached hydrogen (secondary N) is 3. The second kappa shape index (κ2) is 7.92. The van der Waals surface area contributed by atoms with Gasteiger partial charge in [0.1, 0.15) is 0 Å². The first-order valence-corrected chi connectivity index (χ1v) is 8.11. The molecule has 1 aliphatic carbocycles. The van der Waals surface area contributed by atoms with Crippen LogP contribution in [-0.4, -0.2) is 36.3 Å². The molecule has 0 bridgehead atoms. The molecule has 130 valence electrons. The molecule has 1 aromatic rings. The van der Waals surface area contributed by atoms with E-state index in [-0.39, 0.29) is 30.2 Å². The highest BCUT2D eigenvalue weighted by molar-refractivity contribution is 5.97. The van der Waals surface area contributed by atoms with E-state index in [1.807, 2.05) is 13.8 Å². The third-order valence-electron chi connectivity index (χ3n) is 3.79. The maximum atomic E-state index is 11.9. The molecule has 1 fully saturated rings. The Morgan fingerprint density at radius 3 is 2.33 bits per heavy atom. The van der Waals surface area contributed by atoms with Gasteiger partial charge in [-0.25, -0.2) is 0 Å². The van der Waals surface area contributed by atoms with Crippen LogP contribution in [-0.2, 0) is 9.59 Å². The maximum Gasteiger partial charge on any atom is 0.251 e. The van der Waals surface area contributed by atoms with Crippen LogP contribution in [0.15, 0.2) is 24.3 Å². The molecule has 0 radical (unpaired) electrons. The van der Waals surface area contributed by atoms with Gasteiger partial charge in [0.05, 0.1) is 12.6 Å². The van der Waals surface area contributed by atoms with Crippen LogP contribution >= 0.6 is 0 Å². The number of amides is 3. The van der Waals surface area contributed by atoms with Gasteiger partial charge in [-0.3, -0.25) is 14.4 Å². The lowest BCUT2D eigenvalue weighted by molar-refractivity contribution is -0.125. The molecule has 0 unspecified atom stereocenters. The van der Waals surface area contributed by atoms with Gasteiger partial charge in [-0.1, -0.05) is 13.8 Å². The van der Waals surface area contributed by atoms with Gasteiger partial charge >= 0.3 is 0 Å². The van der Waals surface area contributed by atoms with Gasteiger partial charge in [0, 0.05) is 17.3 Å². The van der Waals surface area contributed by atoms with Crippen molar-refractivity contribution in [1.82, 2.24) is 10.6 Å². The molecule has 1 atom stereocenters. The lowest BCUT2D eigenvalue weighted by Crippen LogP contribution is -2.46. The first kappa shape index (κ1) is 17.9. The highest BCUT2D eigenvalue weighted by atomic mass is 16.2. The molecule has 1 saturated carbocycles. The summed E-state index contributed by atoms with van der Waals surface area (Å²) < 4.78 is 0. The highest BCUT2D eigenvalue weighted by Gasteiger charge is 2.23. The summed E-state index contributed by atoms with van der Waals surface area (Å²) in [7, 11) is 0. The van der Waals surface area contributed by atoms with Crippen LogP contribution in [0.2, 0.25) is 0 Å². The summed E-state index contributed by atoms with van der Waals surface area (Å²) in [6, 6.07) is 6.28. The van der Waals surface area contributed by atoms with Gasteiger partial charge in [0.15, 0.2) is 0 Å². The molecule has 0 spiro atoms. The fourth-order valence-electron chi connectivity index (χ4n) is 1.99. The van der Waals surface area contributed by atoms with Crippen molar-refractivity contribution in [1.29, 1.82) is 0 Å². The Morgan fingerprint density at radius 1 is 1.17 bits per heavy atom. The smallest absolute Gasteiger partial charge is 0.251 e. The van der Waals surface area contributed by atoms with Crippen LogP contribution in [0.3, 0.4) is 0 Å². The normalized spacial score (nSPS) is 14.8. The molecule has 1 aromatic carbocycles. The minimum absolute atomic E-state index is 0.00221. The Kier molecular flexibility index (Phi) is 5.92. The van der Waals surface area contributed by atoms with Crippen LogP contribution in [0, 0.1) is 5.92 Å². The number of rotatable bonds is 7. The second-order valence-electron chi connectivity index (χ2n) is 6.36. The van der Waals surface area contributed by atoms with Crippen molar-refractivity contribution < 1.29 is 14.4 Å². The number of hydrogen-bond donors (Lipinski definition) is 4. The third-order valence-corrected chi connectivity index (χ3v) is 3.79. The molecule has 2 rings (SSSR count). The minimum atomic E-state index is -0.637. The molecular weight excluding hydrogens is 308 g/mol. The van der Waals surface area contributed by atoms with E-state index in [0.29, 0.717) is 17.3 Å². The van der Waals surface area contributed by atoms with Crippen LogP contribution in [0.1, 0.15) is 37.0 Å². The van der Waals surface area contributed by atoms with Crippen molar-refractivity contribution in [2.24, 2.45) is 11.7 Å². The van der Waals surface area contributed by atoms with Crippen molar-refractivity contribution in [2.75, 3.05) is 11.9 Å². The van der Waals surface area contributed by atoms with E-state index in [1.54, 1.807) is 24.3 Å². The Balaban J connectivity index is 1.79. The Labute approximate surface area is 141 Å². The Morgan fingerprint density at radius 2 is 1.79 bits per heavy atom. The SMILES string of the molecule is CC(C)[C@H](N)C(=O)NCC(=O)Nc1ccc(C(=O)NC2CC2)cc1. The maximum absolute atomic E-state index is 11.9. The second-order valence-corrected chi connectivity index (χ2v) is 6.36. The molecule has 5 N–H and O–H groups in total. The largest absolute Gasteiger partial charge is 0.349 e. The number of carbonyl (C=O) groups excluding carboxylic acids is 3. The van der Waals surface area contributed by atoms with Crippen molar-refractivity contribution in [3.63, 3.8) is 0 Å². The van der Waals surface area contributed by atoms with Crippen LogP contribution < -0.4 is 21.7 Å². The fraction of sp³-hybridized carbons (Fsp3) is 0.471. The van der Waals surface area contributed by atoms with Gasteiger partial charge < -0.3 is 21.7 Å². The first-order valence-electron chi connectivity index (χ1n) is 8.11. The molecule has 0 aromatic heterocycles. The zero-order valence-corrected chi connectivity index (χ0v) is 14.0. The van der Waals surface area contributed by atoms with Crippen molar-refractivity contribution in [3.8, 4) is 0 Å². The summed E-state index contributed by atoms with van der Waals surface area (Å²) in [6.45, 7) is 3.53. The van der Waals surface area contributed by atoms with E-state index in [4.69, 9.17) is 5.73 Å². The average molecular weight is 332 g/mol. The standard InChI is InChI=1S/C17H24N4O3/c1-10(2)15(18)17(24)19-9-14(22)20-12-5-3-11(4-6-12)16(23)21-13-7-8-13/h3-6,10,13,15H,7-9,18H2,1-2H3,(H,19,24)(H,20,22)(H,21,23)/t15-/m0/s1. The van der Waals surface area contributed by atoms with E-state index in [0.717, 1.165) is 12.8 Å². The zero-order valence-electron chi connectivity index (χ0n) is 14.0. The summed E-state index contributed by atoms with van der Waals surface area (Å²) in [5, 5.41) is 8.06. The molecule has 7 heteroatoms. The quantitative estimate of drug-likeness (QED) is 0.586. The summed E-state index contributed by atoms with van der Waals surface area (Å²) in [5.74, 6) is -0.811. The lowest BCUT2D eigenvalue weighted by Gasteiger charge is -2.15. The van der Waals surface area contributed by atoms with Gasteiger partial charge in [-0.05, 0) is 43.0 Å². The van der Waals surface area contributed by atoms with Crippen LogP contribution in [0.4, 0.5) is 5.69 Å². The topological polar surface area (TPSA) is 113 Å². The van der Waals surface area contributed by atoms with E-state index >= 15 is 0 Å². The average Bonchev–Trinajstić information content (AvgIpc) is 3.36. The predicted octanol–water partition coefficient (Wildman–Crippen LogP) is 0.617. The van der Waals surface area contributed by atoms with Gasteiger partial charge in [-0.15, -0.1) is 0 Å². The molecule has 3 amide bonds. The fourth-order valence-corrected chi connectivity index (χ4v) is 1.99. The van der Waals surface area contributed by atoms with Gasteiger partial charge in [0.25, 0.3) is 5.91 Å². The summed E-state index contributed by atoms with van der Waals surface area (Å²) in [6.07, 6.45) is 2.07. The molecule has 24 heavy (non-hydrogen) atoms. The monoisotopic (exact) mass is 332 g/mol. The molecule has 1 aliphatic rings. The van der Waals surface area contributed by atoms with Crippen molar-refractivity contribution in [3.05, 3.63) is 29.8 Å². The molecule has 7 nitrogen and oxygen atoms in total. The van der Waals surface area contributed by atoms with Gasteiger partial charge in [-0.2, -0.15) is 0 Å². The van der Waals surface area contributed by atoms with E-state index < -0.39 is 6.04 Å². The summed E-state index contributed by atoms with van der Waals surface area (Å²) >= 11 is 0. The summed E-state index contributed by atoms with van der Waals surface area (Å²) in [5.41, 5.74) is 6.81. The Bertz CT molecular complexity index is 609. The number of hydrogen-bond acceptors (Lipinski definition) is 4. The van der Waals surface area contributed by atoms with E-state index in [1.165, 1.54) is 0 Å². The zero-order chi connectivity index (χ0) is 17.7. The van der Waals surface area contributed by atoms with E-state index in [2.05, 4.69) is 16.0 Å². The molecule has 0 heterocycles. The number of carbonyl (C=O) groups is 3. The van der Waals surface area contributed by atoms with Crippen LogP contribution in [0.25, 0.3) is 0 Å². The number of nitrogens with two attached hydrogens (primary N) is 1. The van der Waals surface area contributed by atoms with Crippen molar-refractivity contribution in [2.45, 2.75) is 38.8 Å². The molecule has 0 aliphatic heterocycles. The summed E-state index contributed by atoms with van der Waals surface area (Å²) in [4.78, 5) is 35.4. The number of benzene rings is 1. The van der Waals surface area contributed by atoms with Gasteiger partial charge in [0.2, 0.25) is 11.8 Å². The minimum Gasteiger partial charge on any atom is -0.349 e. The number of anilines is 1. The third kappa shape index (κ3) is 5.34. The first-order chi connectivity index (χ1) is 11.4. The molecule has 0 saturated heterocycles. The lowest BCUT2D eigenvalue weighted by atomic mass is 10.1. The molecular formula is C17H24N4O3.